The van der Waals surface area contributed by atoms with E-state index in [1.807, 2.05) is 0 Å². The summed E-state index contributed by atoms with van der Waals surface area (Å²) >= 11 is 0. The minimum atomic E-state index is -6.27. The van der Waals surface area contributed by atoms with Gasteiger partial charge in [0.1, 0.15) is 54.6 Å². The fraction of sp³-hybridized carbons (Fsp3) is 0.559. The number of nitrogens with one attached hydrogen (secondary N) is 3. The number of aryl methyl sites for hydroxylation is 1. The largest absolute Gasteiger partial charge is 0.490 e. The summed E-state index contributed by atoms with van der Waals surface area (Å²) in [6.45, 7) is -4.01. The van der Waals surface area contributed by atoms with Gasteiger partial charge in [0, 0.05) is 19.6 Å². The Morgan fingerprint density at radius 1 is 0.688 bits per heavy atom. The fourth-order valence-corrected chi connectivity index (χ4v) is 13.9. The number of ether oxygens (including phenoxy) is 4. The first kappa shape index (κ1) is 59.4. The van der Waals surface area contributed by atoms with Crippen molar-refractivity contribution in [1.82, 2.24) is 58.3 Å². The molecule has 440 valence electrons. The summed E-state index contributed by atoms with van der Waals surface area (Å²) in [5, 5.41) is 33.1. The van der Waals surface area contributed by atoms with Gasteiger partial charge >= 0.3 is 36.9 Å². The van der Waals surface area contributed by atoms with E-state index >= 15 is 0 Å². The highest BCUT2D eigenvalue weighted by atomic mass is 32.2. The smallest absolute Gasteiger partial charge is 0.387 e. The Balaban J connectivity index is 0.878. The molecular weight excluding hydrogens is 1190 g/mol. The number of nitrogen functional groups attached to an aromatic ring is 3. The number of phosphoric ester groups is 3. The molecule has 6 aromatic rings. The lowest BCUT2D eigenvalue weighted by Crippen LogP contribution is -2.39. The summed E-state index contributed by atoms with van der Waals surface area (Å²) in [5.74, 6) is -2.10. The van der Waals surface area contributed by atoms with Crippen LogP contribution in [0, 0.1) is 5.92 Å². The number of aliphatic hydroxyl groups is 3. The van der Waals surface area contributed by atoms with Gasteiger partial charge in [-0.25, -0.2) is 55.9 Å². The molecule has 0 spiro atoms. The van der Waals surface area contributed by atoms with Crippen molar-refractivity contribution in [2.75, 3.05) is 56.9 Å². The number of H-pyrrole nitrogens is 2. The van der Waals surface area contributed by atoms with Crippen molar-refractivity contribution in [3.05, 3.63) is 46.0 Å². The van der Waals surface area contributed by atoms with Crippen LogP contribution in [0.5, 0.6) is 0 Å². The summed E-state index contributed by atoms with van der Waals surface area (Å²) in [6.07, 6.45) is -13.1. The van der Waals surface area contributed by atoms with Crippen LogP contribution in [0.4, 0.5) is 17.7 Å². The van der Waals surface area contributed by atoms with Crippen LogP contribution in [0.2, 0.25) is 0 Å². The maximum absolute atomic E-state index is 13.7. The average Bonchev–Trinajstić information content (AvgIpc) is 4.42. The lowest BCUT2D eigenvalue weighted by molar-refractivity contribution is -0.646. The van der Waals surface area contributed by atoms with Crippen molar-refractivity contribution >= 4 is 92.5 Å². The van der Waals surface area contributed by atoms with E-state index in [2.05, 4.69) is 53.2 Å². The summed E-state index contributed by atoms with van der Waals surface area (Å²) in [7, 11) is -25.1. The molecular formula is C34H49N16O25P4S+. The summed E-state index contributed by atoms with van der Waals surface area (Å²) in [5.41, 5.74) is 15.4. The zero-order chi connectivity index (χ0) is 58.2. The molecule has 0 saturated carbocycles. The predicted octanol–water partition coefficient (Wildman–Crippen LogP) is -4.91. The van der Waals surface area contributed by atoms with Crippen LogP contribution in [0.3, 0.4) is 0 Å². The summed E-state index contributed by atoms with van der Waals surface area (Å²) in [6, 6.07) is 0. The minimum Gasteiger partial charge on any atom is -0.387 e. The van der Waals surface area contributed by atoms with E-state index in [0.29, 0.717) is 0 Å². The molecule has 41 nitrogen and oxygen atoms in total. The molecule has 16 atom stereocenters. The monoisotopic (exact) mass is 1240 g/mol. The van der Waals surface area contributed by atoms with Gasteiger partial charge in [-0.3, -0.25) is 46.8 Å². The second-order valence-corrected chi connectivity index (χ2v) is 25.6. The summed E-state index contributed by atoms with van der Waals surface area (Å²) in [4.78, 5) is 96.4. The highest BCUT2D eigenvalue weighted by Gasteiger charge is 2.54. The first-order valence-corrected chi connectivity index (χ1v) is 30.5. The molecule has 3 fully saturated rings. The lowest BCUT2D eigenvalue weighted by Gasteiger charge is -2.26. The maximum atomic E-state index is 13.7. The Morgan fingerprint density at radius 2 is 1.24 bits per heavy atom. The van der Waals surface area contributed by atoms with Crippen LogP contribution < -0.4 is 37.6 Å². The number of anilines is 3. The van der Waals surface area contributed by atoms with Gasteiger partial charge in [0.05, 0.1) is 51.9 Å². The molecule has 9 rings (SSSR count). The molecule has 4 unspecified atom stereocenters. The Labute approximate surface area is 444 Å². The van der Waals surface area contributed by atoms with E-state index in [0.717, 1.165) is 41.5 Å². The van der Waals surface area contributed by atoms with E-state index in [4.69, 9.17) is 54.2 Å². The van der Waals surface area contributed by atoms with Crippen LogP contribution in [0.1, 0.15) is 18.7 Å². The summed E-state index contributed by atoms with van der Waals surface area (Å²) < 4.78 is 136. The van der Waals surface area contributed by atoms with Crippen molar-refractivity contribution in [1.29, 1.82) is 0 Å². The van der Waals surface area contributed by atoms with Crippen molar-refractivity contribution < 1.29 is 112 Å². The molecule has 9 heterocycles. The number of imidazole rings is 3. The molecule has 0 bridgehead atoms. The van der Waals surface area contributed by atoms with Crippen LogP contribution in [0.25, 0.3) is 33.5 Å². The zero-order valence-corrected chi connectivity index (χ0v) is 45.3. The van der Waals surface area contributed by atoms with Gasteiger partial charge in [-0.1, -0.05) is 0 Å². The van der Waals surface area contributed by atoms with Crippen LogP contribution in [0.15, 0.2) is 34.9 Å². The van der Waals surface area contributed by atoms with E-state index in [-0.39, 0.29) is 51.2 Å². The first-order chi connectivity index (χ1) is 37.3. The number of hydrogen-bond acceptors (Lipinski definition) is 30. The number of sulfonamides is 1. The number of methoxy groups -OCH3 is 1. The number of aromatic amines is 2. The quantitative estimate of drug-likeness (QED) is 0.0224. The van der Waals surface area contributed by atoms with Gasteiger partial charge in [-0.2, -0.15) is 23.2 Å². The third-order valence-electron chi connectivity index (χ3n) is 12.3. The number of rotatable bonds is 22. The molecule has 16 N–H and O–H groups in total. The minimum absolute atomic E-state index is 0.00637. The molecule has 46 heteroatoms. The van der Waals surface area contributed by atoms with E-state index in [1.165, 1.54) is 22.5 Å². The lowest BCUT2D eigenvalue weighted by atomic mass is 9.98. The molecule has 80 heavy (non-hydrogen) atoms. The number of aromatic nitrogens is 12. The van der Waals surface area contributed by atoms with Crippen LogP contribution in [-0.4, -0.2) is 185 Å². The number of fused-ring (bicyclic) bond motifs is 3. The normalized spacial score (nSPS) is 29.5. The fourth-order valence-electron chi connectivity index (χ4n) is 8.88. The standard InChI is InChI=1S/C34H48N16O25P4S/c1-47-11-50(27-18(47)29(55)46-34(37)44-27)30-19(51)12(4-42-80(3,64)65)13(70-30)5-68-77(58,59)74-79(62,63)75-78(60,61)69-7-15-22(23(66-2)32(72-15)48-9-40-16-24(35)38-8-39-25(16)48)73-76(56,57)67-6-14-20(52)21(53)31(71-14)49-10-41-17-26(49)43-33(36)45-28(17)54/h8-15,19-23,30-32,42,51-53H,4-7H2,1-3H3,(H11-,35,36,37,38,39,43,44,45,46,54,55,56,57,58,59,60,61,62,63)/p+1/t12-,13-,14-,15-,19-,20-,21-,22-,23-,30-,31-,32-/m1/s1. The molecule has 6 aromatic heterocycles. The Bertz CT molecular complexity index is 3770. The van der Waals surface area contributed by atoms with Gasteiger partial charge in [0.2, 0.25) is 34.5 Å². The molecule has 3 aliphatic rings. The number of nitrogens with two attached hydrogens (primary N) is 3. The highest BCUT2D eigenvalue weighted by Crippen LogP contribution is 2.68. The molecule has 0 aromatic carbocycles. The third kappa shape index (κ3) is 12.4. The van der Waals surface area contributed by atoms with Crippen LogP contribution >= 0.6 is 31.3 Å². The second-order valence-electron chi connectivity index (χ2n) is 17.8. The van der Waals surface area contributed by atoms with E-state index < -0.39 is 152 Å². The van der Waals surface area contributed by atoms with Crippen molar-refractivity contribution in [3.63, 3.8) is 0 Å². The molecule has 0 radical (unpaired) electrons. The van der Waals surface area contributed by atoms with E-state index in [1.54, 1.807) is 0 Å². The van der Waals surface area contributed by atoms with Gasteiger partial charge in [0.15, 0.2) is 35.1 Å². The second kappa shape index (κ2) is 22.2. The number of nitrogens with zero attached hydrogens (tertiary/aromatic N) is 10. The third-order valence-corrected chi connectivity index (χ3v) is 18.3. The van der Waals surface area contributed by atoms with Crippen molar-refractivity contribution in [3.8, 4) is 0 Å². The van der Waals surface area contributed by atoms with Crippen molar-refractivity contribution in [2.24, 2.45) is 13.0 Å². The predicted molar refractivity (Wildman–Crippen MR) is 259 cm³/mol. The number of phosphoric acid groups is 4. The molecule has 3 aliphatic heterocycles. The molecule has 0 aliphatic carbocycles. The Hall–Kier alpha value is -5.20. The molecule has 3 saturated heterocycles. The van der Waals surface area contributed by atoms with Gasteiger partial charge in [0.25, 0.3) is 16.7 Å². The topological polar surface area (TPSA) is 588 Å². The molecule has 0 amide bonds. The Kier molecular flexibility index (Phi) is 16.5. The van der Waals surface area contributed by atoms with Gasteiger partial charge < -0.3 is 71.0 Å². The van der Waals surface area contributed by atoms with E-state index in [9.17, 15) is 71.2 Å². The van der Waals surface area contributed by atoms with Gasteiger partial charge in [-0.15, -0.1) is 0 Å². The zero-order valence-electron chi connectivity index (χ0n) is 40.9. The highest BCUT2D eigenvalue weighted by molar-refractivity contribution is 7.88. The average molecular weight is 1240 g/mol. The van der Waals surface area contributed by atoms with Crippen LogP contribution in [-0.2, 0) is 81.0 Å². The number of aliphatic hydroxyl groups excluding tert-OH is 3. The first-order valence-electron chi connectivity index (χ1n) is 22.6. The Morgan fingerprint density at radius 3 is 1.89 bits per heavy atom. The maximum Gasteiger partial charge on any atom is 0.490 e. The number of hydrogen-bond donors (Lipinski definition) is 13. The SMILES string of the molecule is CO[C@@H]1[C@H](OP(=O)(O)OC[C@H]2O[C@@H](n3cnc4c(=O)[nH]c(N)nc43)[C@H](O)[C@@H]2O)[C@@H](COP(=O)(O)OP(=O)(O)OP(=O)(O)OC[C@H]2O[C@@H](n3c[n+](C)c4c(=O)[nH]c(N)nc43)[C@H](O)[C@@H]2CNS(C)(=O)=O)O[C@H]1n1cnc2c(N)ncnc21. The van der Waals surface area contributed by atoms with Crippen molar-refractivity contribution in [2.45, 2.75) is 67.5 Å². The van der Waals surface area contributed by atoms with Gasteiger partial charge in [-0.05, 0) is 0 Å².